The molecule has 6 aromatic rings. The molecule has 0 fully saturated rings. The van der Waals surface area contributed by atoms with Crippen molar-refractivity contribution in [2.75, 3.05) is 0 Å². The van der Waals surface area contributed by atoms with Gasteiger partial charge in [-0.25, -0.2) is 14.4 Å². The van der Waals surface area contributed by atoms with Crippen LogP contribution in [-0.2, 0) is 0 Å². The lowest BCUT2D eigenvalue weighted by molar-refractivity contribution is 0.467. The molecule has 2 aromatic carbocycles. The Hall–Kier alpha value is -4.19. The summed E-state index contributed by atoms with van der Waals surface area (Å²) in [6.07, 6.45) is 0.922. The van der Waals surface area contributed by atoms with E-state index in [4.69, 9.17) is 14.4 Å². The van der Waals surface area contributed by atoms with E-state index in [0.717, 1.165) is 33.2 Å². The normalized spacial score (nSPS) is 14.8. The van der Waals surface area contributed by atoms with Crippen molar-refractivity contribution >= 4 is 34.0 Å². The van der Waals surface area contributed by atoms with E-state index in [2.05, 4.69) is 0 Å². The van der Waals surface area contributed by atoms with E-state index in [9.17, 15) is 5.11 Å². The average molecular weight is 409 g/mol. The van der Waals surface area contributed by atoms with E-state index in [1.807, 2.05) is 49.4 Å². The maximum atomic E-state index is 15.0. The van der Waals surface area contributed by atoms with E-state index in [1.165, 1.54) is 6.07 Å². The number of fused-ring (bicyclic) bond motifs is 2. The fourth-order valence-corrected chi connectivity index (χ4v) is 4.20. The van der Waals surface area contributed by atoms with Crippen molar-refractivity contribution in [1.29, 1.82) is 0 Å². The molecule has 0 aliphatic rings. The Bertz CT molecular complexity index is 1890. The lowest BCUT2D eigenvalue weighted by Gasteiger charge is -2.08. The summed E-state index contributed by atoms with van der Waals surface area (Å²) in [5.41, 5.74) is 4.34. The van der Waals surface area contributed by atoms with Crippen LogP contribution in [0.1, 0.15) is 5.56 Å². The number of aliphatic hydroxyl groups is 1. The number of nitrogens with zero attached hydrogens (tertiary/aromatic N) is 3. The van der Waals surface area contributed by atoms with Crippen molar-refractivity contribution in [2.24, 2.45) is 0 Å². The lowest BCUT2D eigenvalue weighted by atomic mass is 10.1. The number of furan rings is 1. The van der Waals surface area contributed by atoms with Gasteiger partial charge in [0.15, 0.2) is 11.1 Å². The molecule has 0 spiro atoms. The van der Waals surface area contributed by atoms with Gasteiger partial charge < -0.3 is 9.52 Å². The average Bonchev–Trinajstić information content (AvgIpc) is 3.42. The number of aromatic nitrogens is 3. The first-order valence-corrected chi connectivity index (χ1v) is 9.85. The zero-order valence-electron chi connectivity index (χ0n) is 16.5. The fraction of sp³-hybridized carbons (Fsp3) is 0.0400. The molecule has 31 heavy (non-hydrogen) atoms. The van der Waals surface area contributed by atoms with E-state index < -0.39 is 0 Å². The Balaban J connectivity index is 1.99. The molecule has 4 aromatic heterocycles. The van der Waals surface area contributed by atoms with E-state index in [0.29, 0.717) is 33.0 Å². The highest BCUT2D eigenvalue weighted by atomic mass is 19.1. The molecule has 0 bridgehead atoms. The van der Waals surface area contributed by atoms with Crippen LogP contribution in [0.4, 0.5) is 4.39 Å². The van der Waals surface area contributed by atoms with Crippen LogP contribution in [-0.4, -0.2) is 19.5 Å². The Morgan fingerprint density at radius 3 is 2.58 bits per heavy atom. The van der Waals surface area contributed by atoms with Gasteiger partial charge in [0.05, 0.1) is 11.0 Å². The van der Waals surface area contributed by atoms with Gasteiger partial charge >= 0.3 is 0 Å². The van der Waals surface area contributed by atoms with Crippen LogP contribution in [0, 0.1) is 33.9 Å². The zero-order valence-corrected chi connectivity index (χ0v) is 16.5. The molecule has 0 saturated heterocycles. The van der Waals surface area contributed by atoms with Gasteiger partial charge in [-0.1, -0.05) is 42.5 Å². The molecule has 0 aliphatic carbocycles. The number of hydrogen-bond donors (Lipinski definition) is 1. The van der Waals surface area contributed by atoms with Crippen LogP contribution >= 0.6 is 0 Å². The van der Waals surface area contributed by atoms with Crippen molar-refractivity contribution in [3.63, 3.8) is 0 Å². The first-order valence-electron chi connectivity index (χ1n) is 9.85. The number of aryl methyl sites for hydroxylation is 1. The van der Waals surface area contributed by atoms with Gasteiger partial charge in [-0.3, -0.25) is 4.40 Å². The molecule has 6 heteroatoms. The number of para-hydroxylation sites is 1. The smallest absolute Gasteiger partial charge is 0.166 e. The third-order valence-corrected chi connectivity index (χ3v) is 5.62. The molecule has 0 aliphatic heterocycles. The number of rotatable bonds is 0. The number of imidazole rings is 1. The standard InChI is InChI=1S/C25H16FN3O2/c1-14-5-4-8-18-22(14)28-25-23(27-21-12-10-19(26)24(18)29(21)25)17-7-3-2-6-16(17)20-11-9-15(13-30)31-20/h2-13,30H,1H3. The molecular formula is C25H16FN3O2. The molecule has 6 rings (SSSR count). The Morgan fingerprint density at radius 1 is 0.935 bits per heavy atom. The third kappa shape index (κ3) is 2.48. The summed E-state index contributed by atoms with van der Waals surface area (Å²) in [7, 11) is 0. The maximum absolute atomic E-state index is 15.0. The summed E-state index contributed by atoms with van der Waals surface area (Å²) in [6.45, 7) is 1.97. The van der Waals surface area contributed by atoms with E-state index in [-0.39, 0.29) is 5.82 Å². The van der Waals surface area contributed by atoms with Crippen LogP contribution in [0.25, 0.3) is 34.0 Å². The first kappa shape index (κ1) is 17.7. The highest BCUT2D eigenvalue weighted by Crippen LogP contribution is 2.28. The van der Waals surface area contributed by atoms with Crippen LogP contribution in [0.2, 0.25) is 0 Å². The quantitative estimate of drug-likeness (QED) is 0.371. The molecular weight excluding hydrogens is 393 g/mol. The topological polar surface area (TPSA) is 63.6 Å². The number of hydrogen-bond acceptors (Lipinski definition) is 4. The van der Waals surface area contributed by atoms with Gasteiger partial charge in [-0.2, -0.15) is 0 Å². The van der Waals surface area contributed by atoms with Gasteiger partial charge in [0.2, 0.25) is 0 Å². The highest BCUT2D eigenvalue weighted by molar-refractivity contribution is 5.98. The molecule has 5 nitrogen and oxygen atoms in total. The predicted octanol–water partition coefficient (Wildman–Crippen LogP) is 4.67. The largest absolute Gasteiger partial charge is 0.512 e. The minimum absolute atomic E-state index is 0.318. The van der Waals surface area contributed by atoms with Gasteiger partial charge in [-0.15, -0.1) is 0 Å². The maximum Gasteiger partial charge on any atom is 0.166 e. The summed E-state index contributed by atoms with van der Waals surface area (Å²) in [5, 5.41) is 12.3. The molecule has 0 radical (unpaired) electrons. The Kier molecular flexibility index (Phi) is 3.65. The van der Waals surface area contributed by atoms with Gasteiger partial charge in [0.1, 0.15) is 28.5 Å². The van der Waals surface area contributed by atoms with Crippen molar-refractivity contribution in [2.45, 2.75) is 6.92 Å². The summed E-state index contributed by atoms with van der Waals surface area (Å²) < 4.78 is 22.5. The Morgan fingerprint density at radius 2 is 1.77 bits per heavy atom. The number of halogens is 1. The summed E-state index contributed by atoms with van der Waals surface area (Å²) in [5.74, 6) is -0.318. The second-order valence-electron chi connectivity index (χ2n) is 7.47. The van der Waals surface area contributed by atoms with Crippen LogP contribution in [0.3, 0.4) is 0 Å². The SMILES string of the molecule is Cc1cccc2c1nc1c(=c3ccccc3=c3ccc(=CO)o3)nc3ccc(F)c2n31. The third-order valence-electron chi connectivity index (χ3n) is 5.62. The monoisotopic (exact) mass is 409 g/mol. The number of pyridine rings is 1. The van der Waals surface area contributed by atoms with Crippen molar-refractivity contribution in [1.82, 2.24) is 14.4 Å². The minimum atomic E-state index is -0.318. The summed E-state index contributed by atoms with van der Waals surface area (Å²) in [6, 6.07) is 20.1. The number of aliphatic hydroxyl groups excluding tert-OH is 1. The first-order chi connectivity index (χ1) is 15.2. The van der Waals surface area contributed by atoms with E-state index in [1.54, 1.807) is 22.6 Å². The minimum Gasteiger partial charge on any atom is -0.512 e. The molecule has 0 saturated carbocycles. The molecule has 0 unspecified atom stereocenters. The molecule has 0 amide bonds. The number of benzene rings is 2. The predicted molar refractivity (Wildman–Crippen MR) is 115 cm³/mol. The van der Waals surface area contributed by atoms with Crippen LogP contribution in [0.15, 0.2) is 71.1 Å². The zero-order chi connectivity index (χ0) is 21.1. The van der Waals surface area contributed by atoms with Crippen molar-refractivity contribution in [3.05, 3.63) is 105 Å². The molecule has 1 N–H and O–H groups in total. The fourth-order valence-electron chi connectivity index (χ4n) is 4.20. The second-order valence-corrected chi connectivity index (χ2v) is 7.47. The van der Waals surface area contributed by atoms with Crippen LogP contribution < -0.4 is 5.42 Å². The van der Waals surface area contributed by atoms with Crippen molar-refractivity contribution < 1.29 is 13.9 Å². The summed E-state index contributed by atoms with van der Waals surface area (Å²) >= 11 is 0. The van der Waals surface area contributed by atoms with Gasteiger partial charge in [-0.05, 0) is 36.8 Å². The van der Waals surface area contributed by atoms with Gasteiger partial charge in [0, 0.05) is 15.8 Å². The van der Waals surface area contributed by atoms with E-state index >= 15 is 4.39 Å². The molecule has 0 atom stereocenters. The summed E-state index contributed by atoms with van der Waals surface area (Å²) in [4.78, 5) is 9.74. The highest BCUT2D eigenvalue weighted by Gasteiger charge is 2.16. The van der Waals surface area contributed by atoms with Gasteiger partial charge in [0.25, 0.3) is 0 Å². The van der Waals surface area contributed by atoms with Crippen LogP contribution in [0.5, 0.6) is 0 Å². The molecule has 4 heterocycles. The Labute approximate surface area is 174 Å². The lowest BCUT2D eigenvalue weighted by Crippen LogP contribution is -1.98. The van der Waals surface area contributed by atoms with Crippen molar-refractivity contribution in [3.8, 4) is 0 Å². The second kappa shape index (κ2) is 6.40. The molecule has 150 valence electrons.